The van der Waals surface area contributed by atoms with Crippen molar-refractivity contribution in [2.45, 2.75) is 52.1 Å². The number of aromatic nitrogens is 2. The molecule has 2 amide bonds. The van der Waals surface area contributed by atoms with Crippen LogP contribution >= 0.6 is 11.6 Å². The lowest BCUT2D eigenvalue weighted by atomic mass is 10.1. The number of carbonyl (C=O) groups excluding carboxylic acids is 2. The maximum absolute atomic E-state index is 12.7. The molecule has 0 saturated heterocycles. The van der Waals surface area contributed by atoms with Crippen LogP contribution in [0.4, 0.5) is 5.69 Å². The number of anilines is 1. The first-order valence-electron chi connectivity index (χ1n) is 8.73. The lowest BCUT2D eigenvalue weighted by molar-refractivity contribution is 0.0903. The van der Waals surface area contributed by atoms with Crippen LogP contribution in [0.15, 0.2) is 24.3 Å². The maximum atomic E-state index is 12.7. The topological polar surface area (TPSA) is 76.0 Å². The summed E-state index contributed by atoms with van der Waals surface area (Å²) in [4.78, 5) is 29.8. The number of halogens is 1. The Hall–Kier alpha value is -2.34. The minimum absolute atomic E-state index is 0.258. The number of nitrogens with one attached hydrogen (secondary N) is 2. The van der Waals surface area contributed by atoms with E-state index < -0.39 is 0 Å². The van der Waals surface area contributed by atoms with Gasteiger partial charge in [0, 0.05) is 22.8 Å². The zero-order valence-electron chi connectivity index (χ0n) is 15.2. The van der Waals surface area contributed by atoms with E-state index >= 15 is 0 Å². The summed E-state index contributed by atoms with van der Waals surface area (Å²) < 4.78 is 1.88. The van der Waals surface area contributed by atoms with Gasteiger partial charge in [0.15, 0.2) is 11.5 Å². The molecule has 0 saturated carbocycles. The first-order valence-corrected chi connectivity index (χ1v) is 9.11. The van der Waals surface area contributed by atoms with Crippen LogP contribution in [0.3, 0.4) is 0 Å². The Bertz CT molecular complexity index is 834. The lowest BCUT2D eigenvalue weighted by Crippen LogP contribution is -2.42. The maximum Gasteiger partial charge on any atom is 0.287 e. The van der Waals surface area contributed by atoms with Crippen LogP contribution in [0.5, 0.6) is 0 Å². The number of amides is 2. The molecule has 7 heteroatoms. The molecular formula is C19H23ClN4O2. The molecule has 1 aliphatic rings. The molecule has 1 aliphatic heterocycles. The molecule has 2 N–H and O–H groups in total. The van der Waals surface area contributed by atoms with Crippen molar-refractivity contribution in [3.8, 4) is 0 Å². The molecule has 0 bridgehead atoms. The molecule has 26 heavy (non-hydrogen) atoms. The standard InChI is InChI=1S/C19H23ClN4O2/c1-19(2,3)23-18(26)16-22-15(14-6-4-5-11-24(14)16)17(25)21-13-9-7-12(20)8-10-13/h7-10H,4-6,11H2,1-3H3,(H,21,25)(H,23,26). The van der Waals surface area contributed by atoms with E-state index in [1.807, 2.05) is 25.3 Å². The van der Waals surface area contributed by atoms with E-state index in [9.17, 15) is 9.59 Å². The molecule has 0 spiro atoms. The van der Waals surface area contributed by atoms with Crippen molar-refractivity contribution in [3.05, 3.63) is 46.5 Å². The third-order valence-corrected chi connectivity index (χ3v) is 4.38. The second-order valence-electron chi connectivity index (χ2n) is 7.50. The molecule has 138 valence electrons. The smallest absolute Gasteiger partial charge is 0.287 e. The van der Waals surface area contributed by atoms with Crippen LogP contribution in [-0.2, 0) is 13.0 Å². The van der Waals surface area contributed by atoms with Gasteiger partial charge in [-0.2, -0.15) is 0 Å². The number of carbonyl (C=O) groups is 2. The number of benzene rings is 1. The minimum Gasteiger partial charge on any atom is -0.345 e. The van der Waals surface area contributed by atoms with Gasteiger partial charge in [0.2, 0.25) is 0 Å². The van der Waals surface area contributed by atoms with Gasteiger partial charge in [-0.1, -0.05) is 11.6 Å². The number of hydrogen-bond acceptors (Lipinski definition) is 3. The average Bonchev–Trinajstić information content (AvgIpc) is 2.95. The van der Waals surface area contributed by atoms with Gasteiger partial charge in [0.05, 0.1) is 5.69 Å². The largest absolute Gasteiger partial charge is 0.345 e. The molecule has 0 fully saturated rings. The van der Waals surface area contributed by atoms with Gasteiger partial charge < -0.3 is 15.2 Å². The second kappa shape index (κ2) is 7.11. The second-order valence-corrected chi connectivity index (χ2v) is 7.94. The molecule has 0 unspecified atom stereocenters. The van der Waals surface area contributed by atoms with Gasteiger partial charge in [-0.3, -0.25) is 9.59 Å². The summed E-state index contributed by atoms with van der Waals surface area (Å²) in [5.41, 5.74) is 1.40. The van der Waals surface area contributed by atoms with E-state index in [4.69, 9.17) is 11.6 Å². The molecular weight excluding hydrogens is 352 g/mol. The highest BCUT2D eigenvalue weighted by molar-refractivity contribution is 6.30. The summed E-state index contributed by atoms with van der Waals surface area (Å²) in [7, 11) is 0. The number of imidazole rings is 1. The molecule has 1 aromatic heterocycles. The van der Waals surface area contributed by atoms with Gasteiger partial charge in [-0.25, -0.2) is 4.98 Å². The quantitative estimate of drug-likeness (QED) is 0.860. The van der Waals surface area contributed by atoms with Crippen molar-refractivity contribution in [1.82, 2.24) is 14.9 Å². The molecule has 2 aromatic rings. The number of nitrogens with zero attached hydrogens (tertiary/aromatic N) is 2. The molecule has 3 rings (SSSR count). The Morgan fingerprint density at radius 2 is 1.81 bits per heavy atom. The molecule has 0 aliphatic carbocycles. The summed E-state index contributed by atoms with van der Waals surface area (Å²) in [5.74, 6) is -0.269. The zero-order valence-corrected chi connectivity index (χ0v) is 16.0. The van der Waals surface area contributed by atoms with Crippen LogP contribution < -0.4 is 10.6 Å². The summed E-state index contributed by atoms with van der Waals surface area (Å²) in [6.07, 6.45) is 2.68. The summed E-state index contributed by atoms with van der Waals surface area (Å²) in [6, 6.07) is 6.88. The fourth-order valence-electron chi connectivity index (χ4n) is 3.02. The van der Waals surface area contributed by atoms with Crippen LogP contribution in [0.25, 0.3) is 0 Å². The molecule has 2 heterocycles. The van der Waals surface area contributed by atoms with Crippen molar-refractivity contribution in [2.24, 2.45) is 0 Å². The van der Waals surface area contributed by atoms with Gasteiger partial charge in [0.25, 0.3) is 11.8 Å². The molecule has 0 atom stereocenters. The highest BCUT2D eigenvalue weighted by atomic mass is 35.5. The van der Waals surface area contributed by atoms with Crippen molar-refractivity contribution >= 4 is 29.1 Å². The molecule has 6 nitrogen and oxygen atoms in total. The van der Waals surface area contributed by atoms with Gasteiger partial charge in [0.1, 0.15) is 0 Å². The van der Waals surface area contributed by atoms with Crippen LogP contribution in [0, 0.1) is 0 Å². The van der Waals surface area contributed by atoms with E-state index in [1.165, 1.54) is 0 Å². The Morgan fingerprint density at radius 3 is 2.46 bits per heavy atom. The third kappa shape index (κ3) is 4.07. The Balaban J connectivity index is 1.90. The number of rotatable bonds is 3. The van der Waals surface area contributed by atoms with Crippen LogP contribution in [-0.4, -0.2) is 26.9 Å². The van der Waals surface area contributed by atoms with Gasteiger partial charge in [-0.15, -0.1) is 0 Å². The summed E-state index contributed by atoms with van der Waals surface area (Å²) in [5, 5.41) is 6.36. The Labute approximate surface area is 157 Å². The van der Waals surface area contributed by atoms with Crippen molar-refractivity contribution in [3.63, 3.8) is 0 Å². The van der Waals surface area contributed by atoms with Crippen LogP contribution in [0.1, 0.15) is 60.4 Å². The van der Waals surface area contributed by atoms with Crippen molar-refractivity contribution < 1.29 is 9.59 Å². The third-order valence-electron chi connectivity index (χ3n) is 4.13. The predicted molar refractivity (Wildman–Crippen MR) is 102 cm³/mol. The van der Waals surface area contributed by atoms with E-state index in [1.54, 1.807) is 24.3 Å². The van der Waals surface area contributed by atoms with Gasteiger partial charge in [-0.05, 0) is 64.3 Å². The highest BCUT2D eigenvalue weighted by Gasteiger charge is 2.28. The van der Waals surface area contributed by atoms with Crippen molar-refractivity contribution in [1.29, 1.82) is 0 Å². The molecule has 1 aromatic carbocycles. The predicted octanol–water partition coefficient (Wildman–Crippen LogP) is 3.65. The van der Waals surface area contributed by atoms with Crippen LogP contribution in [0.2, 0.25) is 5.02 Å². The normalized spacial score (nSPS) is 13.8. The first-order chi connectivity index (χ1) is 12.2. The van der Waals surface area contributed by atoms with Crippen molar-refractivity contribution in [2.75, 3.05) is 5.32 Å². The average molecular weight is 375 g/mol. The fourth-order valence-corrected chi connectivity index (χ4v) is 3.14. The van der Waals surface area contributed by atoms with E-state index in [-0.39, 0.29) is 17.4 Å². The number of hydrogen-bond donors (Lipinski definition) is 2. The Kier molecular flexibility index (Phi) is 5.05. The minimum atomic E-state index is -0.371. The lowest BCUT2D eigenvalue weighted by Gasteiger charge is -2.22. The van der Waals surface area contributed by atoms with E-state index in [0.717, 1.165) is 25.0 Å². The first kappa shape index (κ1) is 18.5. The monoisotopic (exact) mass is 374 g/mol. The SMILES string of the molecule is CC(C)(C)NC(=O)c1nc(C(=O)Nc2ccc(Cl)cc2)c2n1CCCC2. The van der Waals surface area contributed by atoms with E-state index in [2.05, 4.69) is 15.6 Å². The Morgan fingerprint density at radius 1 is 1.12 bits per heavy atom. The summed E-state index contributed by atoms with van der Waals surface area (Å²) in [6.45, 7) is 6.45. The van der Waals surface area contributed by atoms with Gasteiger partial charge >= 0.3 is 0 Å². The fraction of sp³-hybridized carbons (Fsp3) is 0.421. The highest BCUT2D eigenvalue weighted by Crippen LogP contribution is 2.23. The number of fused-ring (bicyclic) bond motifs is 1. The zero-order chi connectivity index (χ0) is 18.9. The molecule has 0 radical (unpaired) electrons. The van der Waals surface area contributed by atoms with E-state index in [0.29, 0.717) is 28.8 Å². The summed E-state index contributed by atoms with van der Waals surface area (Å²) >= 11 is 5.88.